The summed E-state index contributed by atoms with van der Waals surface area (Å²) >= 11 is 0. The summed E-state index contributed by atoms with van der Waals surface area (Å²) in [6.45, 7) is 3.56. The summed E-state index contributed by atoms with van der Waals surface area (Å²) in [5, 5.41) is 0. The zero-order chi connectivity index (χ0) is 10.6. The first-order valence-electron chi connectivity index (χ1n) is 3.72. The highest BCUT2D eigenvalue weighted by atomic mass is 19.4. The molecule has 0 unspecified atom stereocenters. The Hall–Kier alpha value is -1.00. The molecule has 0 spiro atoms. The lowest BCUT2D eigenvalue weighted by atomic mass is 10.1. The number of carbonyl (C=O) groups is 1. The zero-order valence-corrected chi connectivity index (χ0v) is 7.66. The van der Waals surface area contributed by atoms with Gasteiger partial charge in [0.15, 0.2) is 0 Å². The topological polar surface area (TPSA) is 26.3 Å². The first kappa shape index (κ1) is 12.0. The molecular formula is C8H11F3O2. The Morgan fingerprint density at radius 3 is 2.08 bits per heavy atom. The van der Waals surface area contributed by atoms with Crippen LogP contribution in [0.4, 0.5) is 13.2 Å². The maximum atomic E-state index is 12.0. The number of alkyl halides is 3. The number of ether oxygens (including phenoxy) is 1. The van der Waals surface area contributed by atoms with Gasteiger partial charge in [0.1, 0.15) is 0 Å². The van der Waals surface area contributed by atoms with Gasteiger partial charge in [-0.15, -0.1) is 0 Å². The molecule has 0 aliphatic rings. The van der Waals surface area contributed by atoms with E-state index >= 15 is 0 Å². The van der Waals surface area contributed by atoms with Gasteiger partial charge < -0.3 is 4.74 Å². The van der Waals surface area contributed by atoms with Crippen LogP contribution in [-0.2, 0) is 9.53 Å². The maximum absolute atomic E-state index is 12.0. The molecule has 0 fully saturated rings. The van der Waals surface area contributed by atoms with Crippen molar-refractivity contribution >= 4 is 5.97 Å². The van der Waals surface area contributed by atoms with Crippen LogP contribution in [0, 0.1) is 0 Å². The van der Waals surface area contributed by atoms with E-state index in [9.17, 15) is 18.0 Å². The predicted molar refractivity (Wildman–Crippen MR) is 41.1 cm³/mol. The maximum Gasteiger partial charge on any atom is 0.412 e. The molecule has 0 aromatic heterocycles. The molecule has 0 saturated carbocycles. The highest BCUT2D eigenvalue weighted by molar-refractivity contribution is 5.88. The van der Waals surface area contributed by atoms with E-state index in [-0.39, 0.29) is 6.61 Å². The second-order valence-corrected chi connectivity index (χ2v) is 2.47. The number of hydrogen-bond donors (Lipinski definition) is 0. The standard InChI is InChI=1S/C8H11F3O2/c1-4-13-7(12)5(2)6(3)8(9,10)11/h4H2,1-3H3/b6-5+. The van der Waals surface area contributed by atoms with Crippen molar-refractivity contribution in [3.63, 3.8) is 0 Å². The van der Waals surface area contributed by atoms with Gasteiger partial charge in [-0.3, -0.25) is 0 Å². The lowest BCUT2D eigenvalue weighted by molar-refractivity contribution is -0.139. The van der Waals surface area contributed by atoms with Crippen molar-refractivity contribution < 1.29 is 22.7 Å². The molecule has 0 rings (SSSR count). The molecule has 0 N–H and O–H groups in total. The molecule has 0 saturated heterocycles. The fraction of sp³-hybridized carbons (Fsp3) is 0.625. The lowest BCUT2D eigenvalue weighted by Gasteiger charge is -2.10. The minimum Gasteiger partial charge on any atom is -0.463 e. The Balaban J connectivity index is 4.72. The van der Waals surface area contributed by atoms with Crippen LogP contribution in [0.5, 0.6) is 0 Å². The fourth-order valence-electron chi connectivity index (χ4n) is 0.605. The molecule has 2 nitrogen and oxygen atoms in total. The Morgan fingerprint density at radius 2 is 1.77 bits per heavy atom. The van der Waals surface area contributed by atoms with Crippen LogP contribution in [-0.4, -0.2) is 18.8 Å². The third kappa shape index (κ3) is 3.48. The smallest absolute Gasteiger partial charge is 0.412 e. The van der Waals surface area contributed by atoms with Crippen molar-refractivity contribution in [2.75, 3.05) is 6.61 Å². The van der Waals surface area contributed by atoms with Crippen molar-refractivity contribution in [2.24, 2.45) is 0 Å². The van der Waals surface area contributed by atoms with Gasteiger partial charge in [-0.05, 0) is 20.8 Å². The van der Waals surface area contributed by atoms with Crippen LogP contribution in [0.1, 0.15) is 20.8 Å². The summed E-state index contributed by atoms with van der Waals surface area (Å²) in [5.74, 6) is -0.919. The minimum absolute atomic E-state index is 0.0707. The van der Waals surface area contributed by atoms with Gasteiger partial charge in [0.05, 0.1) is 6.61 Å². The molecule has 76 valence electrons. The molecule has 0 aromatic rings. The van der Waals surface area contributed by atoms with Crippen LogP contribution in [0.3, 0.4) is 0 Å². The van der Waals surface area contributed by atoms with E-state index in [1.165, 1.54) is 6.92 Å². The SMILES string of the molecule is CCOC(=O)/C(C)=C(\C)C(F)(F)F. The van der Waals surface area contributed by atoms with Gasteiger partial charge in [0, 0.05) is 11.1 Å². The van der Waals surface area contributed by atoms with Crippen LogP contribution in [0.2, 0.25) is 0 Å². The minimum atomic E-state index is -4.46. The van der Waals surface area contributed by atoms with Gasteiger partial charge in [-0.2, -0.15) is 13.2 Å². The molecular weight excluding hydrogens is 185 g/mol. The summed E-state index contributed by atoms with van der Waals surface area (Å²) in [5.41, 5.74) is -1.31. The summed E-state index contributed by atoms with van der Waals surface area (Å²) in [6, 6.07) is 0. The number of hydrogen-bond acceptors (Lipinski definition) is 2. The van der Waals surface area contributed by atoms with E-state index in [0.717, 1.165) is 13.8 Å². The average molecular weight is 196 g/mol. The Bertz CT molecular complexity index is 228. The first-order chi connectivity index (χ1) is 5.80. The summed E-state index contributed by atoms with van der Waals surface area (Å²) in [6.07, 6.45) is -4.46. The van der Waals surface area contributed by atoms with E-state index in [1.54, 1.807) is 0 Å². The summed E-state index contributed by atoms with van der Waals surface area (Å²) in [7, 11) is 0. The van der Waals surface area contributed by atoms with Gasteiger partial charge in [-0.1, -0.05) is 0 Å². The van der Waals surface area contributed by atoms with Crippen molar-refractivity contribution in [3.05, 3.63) is 11.1 Å². The Morgan fingerprint density at radius 1 is 1.31 bits per heavy atom. The molecule has 0 aliphatic heterocycles. The van der Waals surface area contributed by atoms with Gasteiger partial charge >= 0.3 is 12.1 Å². The number of carbonyl (C=O) groups excluding carboxylic acids is 1. The first-order valence-corrected chi connectivity index (χ1v) is 3.72. The fourth-order valence-corrected chi connectivity index (χ4v) is 0.605. The molecule has 5 heteroatoms. The van der Waals surface area contributed by atoms with E-state index in [4.69, 9.17) is 0 Å². The average Bonchev–Trinajstić information content (AvgIpc) is 2.00. The highest BCUT2D eigenvalue weighted by Gasteiger charge is 2.33. The summed E-state index contributed by atoms with van der Waals surface area (Å²) in [4.78, 5) is 10.9. The normalized spacial score (nSPS) is 13.7. The predicted octanol–water partition coefficient (Wildman–Crippen LogP) is 2.45. The largest absolute Gasteiger partial charge is 0.463 e. The quantitative estimate of drug-likeness (QED) is 0.501. The number of halogens is 3. The highest BCUT2D eigenvalue weighted by Crippen LogP contribution is 2.27. The van der Waals surface area contributed by atoms with E-state index in [0.29, 0.717) is 0 Å². The molecule has 0 aliphatic carbocycles. The molecule has 13 heavy (non-hydrogen) atoms. The van der Waals surface area contributed by atoms with Crippen molar-refractivity contribution in [1.29, 1.82) is 0 Å². The van der Waals surface area contributed by atoms with E-state index < -0.39 is 23.3 Å². The number of rotatable bonds is 2. The van der Waals surface area contributed by atoms with Gasteiger partial charge in [-0.25, -0.2) is 4.79 Å². The Labute approximate surface area is 74.4 Å². The molecule has 0 bridgehead atoms. The van der Waals surface area contributed by atoms with E-state index in [1.807, 2.05) is 0 Å². The molecule has 0 aromatic carbocycles. The van der Waals surface area contributed by atoms with Crippen LogP contribution < -0.4 is 0 Å². The molecule has 0 amide bonds. The van der Waals surface area contributed by atoms with Gasteiger partial charge in [0.2, 0.25) is 0 Å². The molecule has 0 heterocycles. The lowest BCUT2D eigenvalue weighted by Crippen LogP contribution is -2.16. The number of esters is 1. The Kier molecular flexibility index (Phi) is 3.97. The van der Waals surface area contributed by atoms with Gasteiger partial charge in [0.25, 0.3) is 0 Å². The van der Waals surface area contributed by atoms with Crippen molar-refractivity contribution in [3.8, 4) is 0 Å². The second kappa shape index (κ2) is 4.30. The van der Waals surface area contributed by atoms with E-state index in [2.05, 4.69) is 4.74 Å². The monoisotopic (exact) mass is 196 g/mol. The third-order valence-corrected chi connectivity index (χ3v) is 1.57. The molecule has 0 atom stereocenters. The molecule has 0 radical (unpaired) electrons. The number of allylic oxidation sites excluding steroid dienone is 1. The van der Waals surface area contributed by atoms with Crippen LogP contribution in [0.25, 0.3) is 0 Å². The summed E-state index contributed by atoms with van der Waals surface area (Å²) < 4.78 is 40.5. The van der Waals surface area contributed by atoms with Crippen LogP contribution in [0.15, 0.2) is 11.1 Å². The van der Waals surface area contributed by atoms with Crippen molar-refractivity contribution in [2.45, 2.75) is 26.9 Å². The third-order valence-electron chi connectivity index (χ3n) is 1.57. The van der Waals surface area contributed by atoms with Crippen LogP contribution >= 0.6 is 0 Å². The second-order valence-electron chi connectivity index (χ2n) is 2.47. The zero-order valence-electron chi connectivity index (χ0n) is 7.66. The van der Waals surface area contributed by atoms with Crippen molar-refractivity contribution in [1.82, 2.24) is 0 Å².